The van der Waals surface area contributed by atoms with Crippen LogP contribution in [0.4, 0.5) is 0 Å². The minimum absolute atomic E-state index is 0.0376. The molecular formula is C16H26O4S. The Balaban J connectivity index is 2.72. The Morgan fingerprint density at radius 3 is 2.38 bits per heavy atom. The standard InChI is InChI=1S/C16H26O4S/c1-13-9-5-6-10-14(13)15(20-4)16(2,3)11-7-8-12-21(17,18)19/h5-6,9-10,15H,7-8,11-12H2,1-4H3,(H,17,18,19). The predicted octanol–water partition coefficient (Wildman–Crippen LogP) is 3.77. The van der Waals surface area contributed by atoms with E-state index in [2.05, 4.69) is 32.9 Å². The normalized spacial score (nSPS) is 14.1. The molecule has 0 bridgehead atoms. The third kappa shape index (κ3) is 5.77. The Morgan fingerprint density at radius 2 is 1.86 bits per heavy atom. The van der Waals surface area contributed by atoms with Gasteiger partial charge in [-0.3, -0.25) is 4.55 Å². The van der Waals surface area contributed by atoms with Gasteiger partial charge in [0.2, 0.25) is 0 Å². The highest BCUT2D eigenvalue weighted by Crippen LogP contribution is 2.41. The Bertz CT molecular complexity index is 549. The lowest BCUT2D eigenvalue weighted by Gasteiger charge is -2.34. The molecule has 5 heteroatoms. The number of hydrogen-bond donors (Lipinski definition) is 1. The summed E-state index contributed by atoms with van der Waals surface area (Å²) in [6.07, 6.45) is 1.99. The highest BCUT2D eigenvalue weighted by molar-refractivity contribution is 7.85. The summed E-state index contributed by atoms with van der Waals surface area (Å²) in [5, 5.41) is 0. The zero-order valence-corrected chi connectivity index (χ0v) is 14.1. The lowest BCUT2D eigenvalue weighted by Crippen LogP contribution is -2.24. The van der Waals surface area contributed by atoms with E-state index in [0.29, 0.717) is 6.42 Å². The molecule has 4 nitrogen and oxygen atoms in total. The Morgan fingerprint density at radius 1 is 1.24 bits per heavy atom. The zero-order chi connectivity index (χ0) is 16.1. The van der Waals surface area contributed by atoms with Crippen molar-refractivity contribution in [2.45, 2.75) is 46.1 Å². The van der Waals surface area contributed by atoms with Crippen LogP contribution < -0.4 is 0 Å². The molecule has 120 valence electrons. The van der Waals surface area contributed by atoms with E-state index in [1.54, 1.807) is 7.11 Å². The molecule has 0 saturated heterocycles. The van der Waals surface area contributed by atoms with E-state index in [0.717, 1.165) is 12.8 Å². The smallest absolute Gasteiger partial charge is 0.264 e. The van der Waals surface area contributed by atoms with E-state index in [1.807, 2.05) is 12.1 Å². The number of unbranched alkanes of at least 4 members (excludes halogenated alkanes) is 1. The van der Waals surface area contributed by atoms with Crippen LogP contribution in [-0.2, 0) is 14.9 Å². The van der Waals surface area contributed by atoms with Gasteiger partial charge in [0.1, 0.15) is 0 Å². The van der Waals surface area contributed by atoms with E-state index in [1.165, 1.54) is 11.1 Å². The molecule has 1 aromatic rings. The van der Waals surface area contributed by atoms with Crippen molar-refractivity contribution in [3.63, 3.8) is 0 Å². The van der Waals surface area contributed by atoms with Gasteiger partial charge in [0.25, 0.3) is 10.1 Å². The second-order valence-corrected chi connectivity index (χ2v) is 7.78. The number of hydrogen-bond acceptors (Lipinski definition) is 3. The lowest BCUT2D eigenvalue weighted by atomic mass is 9.77. The highest BCUT2D eigenvalue weighted by atomic mass is 32.2. The van der Waals surface area contributed by atoms with Crippen molar-refractivity contribution in [1.82, 2.24) is 0 Å². The van der Waals surface area contributed by atoms with Gasteiger partial charge in [-0.2, -0.15) is 8.42 Å². The highest BCUT2D eigenvalue weighted by Gasteiger charge is 2.31. The van der Waals surface area contributed by atoms with Crippen molar-refractivity contribution in [1.29, 1.82) is 0 Å². The number of methoxy groups -OCH3 is 1. The second-order valence-electron chi connectivity index (χ2n) is 6.20. The van der Waals surface area contributed by atoms with Crippen LogP contribution in [0, 0.1) is 12.3 Å². The van der Waals surface area contributed by atoms with Gasteiger partial charge in [-0.1, -0.05) is 44.5 Å². The Hall–Kier alpha value is -0.910. The van der Waals surface area contributed by atoms with Crippen LogP contribution in [0.15, 0.2) is 24.3 Å². The molecule has 0 aliphatic heterocycles. The molecule has 21 heavy (non-hydrogen) atoms. The average Bonchev–Trinajstić information content (AvgIpc) is 2.36. The van der Waals surface area contributed by atoms with E-state index in [4.69, 9.17) is 9.29 Å². The summed E-state index contributed by atoms with van der Waals surface area (Å²) in [7, 11) is -2.15. The summed E-state index contributed by atoms with van der Waals surface area (Å²) in [5.41, 5.74) is 2.25. The Labute approximate surface area is 128 Å². The van der Waals surface area contributed by atoms with Crippen molar-refractivity contribution < 1.29 is 17.7 Å². The first kappa shape index (κ1) is 18.1. The molecule has 0 aromatic heterocycles. The summed E-state index contributed by atoms with van der Waals surface area (Å²) >= 11 is 0. The van der Waals surface area contributed by atoms with Crippen LogP contribution in [0.1, 0.15) is 50.3 Å². The fraction of sp³-hybridized carbons (Fsp3) is 0.625. The van der Waals surface area contributed by atoms with Crippen LogP contribution in [0.25, 0.3) is 0 Å². The van der Waals surface area contributed by atoms with E-state index in [9.17, 15) is 8.42 Å². The van der Waals surface area contributed by atoms with Gasteiger partial charge in [0, 0.05) is 7.11 Å². The molecule has 1 atom stereocenters. The molecule has 1 unspecified atom stereocenters. The average molecular weight is 314 g/mol. The summed E-state index contributed by atoms with van der Waals surface area (Å²) in [4.78, 5) is 0. The first-order valence-electron chi connectivity index (χ1n) is 7.21. The van der Waals surface area contributed by atoms with Crippen molar-refractivity contribution in [2.75, 3.05) is 12.9 Å². The van der Waals surface area contributed by atoms with Gasteiger partial charge in [0.05, 0.1) is 11.9 Å². The largest absolute Gasteiger partial charge is 0.376 e. The quantitative estimate of drug-likeness (QED) is 0.586. The fourth-order valence-corrected chi connectivity index (χ4v) is 3.31. The third-order valence-electron chi connectivity index (χ3n) is 3.89. The van der Waals surface area contributed by atoms with Gasteiger partial charge in [-0.25, -0.2) is 0 Å². The van der Waals surface area contributed by atoms with Gasteiger partial charge >= 0.3 is 0 Å². The predicted molar refractivity (Wildman–Crippen MR) is 85.0 cm³/mol. The number of benzene rings is 1. The maximum Gasteiger partial charge on any atom is 0.264 e. The minimum Gasteiger partial charge on any atom is -0.376 e. The van der Waals surface area contributed by atoms with Crippen molar-refractivity contribution in [3.8, 4) is 0 Å². The van der Waals surface area contributed by atoms with E-state index in [-0.39, 0.29) is 17.3 Å². The second kappa shape index (κ2) is 7.38. The molecule has 1 N–H and O–H groups in total. The molecule has 0 fully saturated rings. The number of rotatable bonds is 8. The zero-order valence-electron chi connectivity index (χ0n) is 13.3. The molecule has 1 rings (SSSR count). The Kier molecular flexibility index (Phi) is 6.38. The van der Waals surface area contributed by atoms with Gasteiger partial charge in [0.15, 0.2) is 0 Å². The van der Waals surface area contributed by atoms with E-state index < -0.39 is 10.1 Å². The first-order valence-corrected chi connectivity index (χ1v) is 8.82. The third-order valence-corrected chi connectivity index (χ3v) is 4.69. The molecule has 0 saturated carbocycles. The molecule has 0 aliphatic carbocycles. The van der Waals surface area contributed by atoms with Crippen LogP contribution in [0.5, 0.6) is 0 Å². The van der Waals surface area contributed by atoms with Gasteiger partial charge in [-0.15, -0.1) is 0 Å². The molecule has 0 heterocycles. The van der Waals surface area contributed by atoms with Crippen LogP contribution in [-0.4, -0.2) is 25.8 Å². The van der Waals surface area contributed by atoms with Gasteiger partial charge in [-0.05, 0) is 36.3 Å². The molecule has 0 amide bonds. The van der Waals surface area contributed by atoms with E-state index >= 15 is 0 Å². The summed E-state index contributed by atoms with van der Waals surface area (Å²) in [6, 6.07) is 8.15. The first-order chi connectivity index (χ1) is 9.67. The van der Waals surface area contributed by atoms with Gasteiger partial charge < -0.3 is 4.74 Å². The van der Waals surface area contributed by atoms with Crippen molar-refractivity contribution >= 4 is 10.1 Å². The lowest BCUT2D eigenvalue weighted by molar-refractivity contribution is -0.00118. The van der Waals surface area contributed by atoms with Crippen LogP contribution in [0.3, 0.4) is 0 Å². The molecule has 0 aliphatic rings. The monoisotopic (exact) mass is 314 g/mol. The minimum atomic E-state index is -3.86. The van der Waals surface area contributed by atoms with Crippen LogP contribution in [0.2, 0.25) is 0 Å². The summed E-state index contributed by atoms with van der Waals surface area (Å²) in [6.45, 7) is 6.32. The SMILES string of the molecule is COC(c1ccccc1C)C(C)(C)CCCCS(=O)(=O)O. The maximum absolute atomic E-state index is 10.7. The fourth-order valence-electron chi connectivity index (χ4n) is 2.74. The summed E-state index contributed by atoms with van der Waals surface area (Å²) < 4.78 is 36.0. The van der Waals surface area contributed by atoms with Crippen molar-refractivity contribution in [2.24, 2.45) is 5.41 Å². The maximum atomic E-state index is 10.7. The van der Waals surface area contributed by atoms with Crippen LogP contribution >= 0.6 is 0 Å². The number of aryl methyl sites for hydroxylation is 1. The molecular weight excluding hydrogens is 288 g/mol. The van der Waals surface area contributed by atoms with Crippen molar-refractivity contribution in [3.05, 3.63) is 35.4 Å². The number of ether oxygens (including phenoxy) is 1. The molecule has 0 radical (unpaired) electrons. The molecule has 0 spiro atoms. The summed E-state index contributed by atoms with van der Waals surface area (Å²) in [5.74, 6) is -0.176. The topological polar surface area (TPSA) is 63.6 Å². The molecule has 1 aromatic carbocycles.